The fourth-order valence-corrected chi connectivity index (χ4v) is 2.67. The van der Waals surface area contributed by atoms with E-state index in [1.165, 1.54) is 12.1 Å². The normalized spacial score (nSPS) is 13.4. The summed E-state index contributed by atoms with van der Waals surface area (Å²) in [6.07, 6.45) is 0. The third-order valence-corrected chi connectivity index (χ3v) is 3.80. The highest BCUT2D eigenvalue weighted by Crippen LogP contribution is 2.29. The van der Waals surface area contributed by atoms with Crippen LogP contribution in [0.5, 0.6) is 5.75 Å². The maximum Gasteiger partial charge on any atom is 0.255 e. The van der Waals surface area contributed by atoms with Gasteiger partial charge in [-0.05, 0) is 23.6 Å². The Kier molecular flexibility index (Phi) is 3.66. The maximum absolute atomic E-state index is 13.5. The van der Waals surface area contributed by atoms with E-state index >= 15 is 0 Å². The van der Waals surface area contributed by atoms with Crippen LogP contribution >= 0.6 is 11.3 Å². The zero-order valence-corrected chi connectivity index (χ0v) is 11.3. The highest BCUT2D eigenvalue weighted by Gasteiger charge is 2.21. The predicted octanol–water partition coefficient (Wildman–Crippen LogP) is 2.68. The van der Waals surface area contributed by atoms with E-state index in [1.807, 2.05) is 17.5 Å². The molecule has 0 atom stereocenters. The summed E-state index contributed by atoms with van der Waals surface area (Å²) in [5.74, 6) is -0.420. The molecule has 0 unspecified atom stereocenters. The number of hydrogen-bond donors (Lipinski definition) is 1. The number of benzene rings is 1. The van der Waals surface area contributed by atoms with Crippen molar-refractivity contribution < 1.29 is 18.7 Å². The van der Waals surface area contributed by atoms with Gasteiger partial charge in [-0.25, -0.2) is 4.39 Å². The Labute approximate surface area is 119 Å². The lowest BCUT2D eigenvalue weighted by Crippen LogP contribution is -2.25. The van der Waals surface area contributed by atoms with Gasteiger partial charge in [-0.2, -0.15) is 0 Å². The van der Waals surface area contributed by atoms with Gasteiger partial charge in [-0.1, -0.05) is 6.07 Å². The van der Waals surface area contributed by atoms with Crippen molar-refractivity contribution in [1.82, 2.24) is 5.32 Å². The molecule has 104 valence electrons. The van der Waals surface area contributed by atoms with Crippen molar-refractivity contribution in [2.75, 3.05) is 6.79 Å². The molecule has 1 aliphatic heterocycles. The van der Waals surface area contributed by atoms with Crippen LogP contribution in [-0.2, 0) is 17.9 Å². The quantitative estimate of drug-likeness (QED) is 0.946. The van der Waals surface area contributed by atoms with Crippen LogP contribution in [0.25, 0.3) is 0 Å². The van der Waals surface area contributed by atoms with Gasteiger partial charge in [0.25, 0.3) is 5.91 Å². The summed E-state index contributed by atoms with van der Waals surface area (Å²) in [6, 6.07) is 6.35. The first kappa shape index (κ1) is 13.1. The minimum absolute atomic E-state index is 0.0733. The molecule has 0 saturated heterocycles. The molecule has 2 heterocycles. The number of ether oxygens (including phenoxy) is 2. The van der Waals surface area contributed by atoms with E-state index in [9.17, 15) is 9.18 Å². The Morgan fingerprint density at radius 2 is 2.35 bits per heavy atom. The van der Waals surface area contributed by atoms with E-state index in [1.54, 1.807) is 11.3 Å². The third kappa shape index (κ3) is 2.66. The van der Waals surface area contributed by atoms with Gasteiger partial charge in [0.2, 0.25) is 0 Å². The first-order valence-electron chi connectivity index (χ1n) is 6.07. The molecule has 3 rings (SSSR count). The fourth-order valence-electron chi connectivity index (χ4n) is 2.02. The summed E-state index contributed by atoms with van der Waals surface area (Å²) in [7, 11) is 0. The predicted molar refractivity (Wildman–Crippen MR) is 72.2 cm³/mol. The van der Waals surface area contributed by atoms with Crippen molar-refractivity contribution >= 4 is 17.2 Å². The smallest absolute Gasteiger partial charge is 0.255 e. The fraction of sp³-hybridized carbons (Fsp3) is 0.214. The lowest BCUT2D eigenvalue weighted by molar-refractivity contribution is -0.0170. The van der Waals surface area contributed by atoms with Gasteiger partial charge < -0.3 is 14.8 Å². The minimum Gasteiger partial charge on any atom is -0.466 e. The molecular weight excluding hydrogens is 281 g/mol. The molecule has 0 spiro atoms. The number of rotatable bonds is 3. The molecule has 0 bridgehead atoms. The van der Waals surface area contributed by atoms with E-state index in [-0.39, 0.29) is 24.9 Å². The molecular formula is C14H12FNO3S. The first-order valence-corrected chi connectivity index (χ1v) is 6.95. The zero-order valence-electron chi connectivity index (χ0n) is 10.5. The molecule has 0 saturated carbocycles. The van der Waals surface area contributed by atoms with E-state index in [0.29, 0.717) is 17.9 Å². The molecule has 0 radical (unpaired) electrons. The van der Waals surface area contributed by atoms with Crippen LogP contribution in [-0.4, -0.2) is 12.7 Å². The first-order chi connectivity index (χ1) is 9.74. The van der Waals surface area contributed by atoms with Crippen molar-refractivity contribution in [2.45, 2.75) is 13.2 Å². The molecule has 4 nitrogen and oxygen atoms in total. The van der Waals surface area contributed by atoms with Crippen LogP contribution in [0.4, 0.5) is 4.39 Å². The average molecular weight is 293 g/mol. The Balaban J connectivity index is 1.81. The Bertz CT molecular complexity index is 628. The largest absolute Gasteiger partial charge is 0.466 e. The monoisotopic (exact) mass is 293 g/mol. The van der Waals surface area contributed by atoms with Gasteiger partial charge in [0, 0.05) is 10.4 Å². The highest BCUT2D eigenvalue weighted by molar-refractivity contribution is 7.09. The topological polar surface area (TPSA) is 47.6 Å². The number of thiophene rings is 1. The van der Waals surface area contributed by atoms with Crippen molar-refractivity contribution in [3.05, 3.63) is 51.5 Å². The van der Waals surface area contributed by atoms with Crippen LogP contribution in [0, 0.1) is 5.82 Å². The van der Waals surface area contributed by atoms with E-state index in [4.69, 9.17) is 9.47 Å². The molecule has 0 fully saturated rings. The summed E-state index contributed by atoms with van der Waals surface area (Å²) in [4.78, 5) is 13.2. The Morgan fingerprint density at radius 1 is 1.45 bits per heavy atom. The van der Waals surface area contributed by atoms with Gasteiger partial charge >= 0.3 is 0 Å². The minimum atomic E-state index is -0.473. The molecule has 1 aromatic carbocycles. The van der Waals surface area contributed by atoms with E-state index in [0.717, 1.165) is 4.88 Å². The van der Waals surface area contributed by atoms with Gasteiger partial charge in [0.1, 0.15) is 11.6 Å². The van der Waals surface area contributed by atoms with Gasteiger partial charge in [-0.15, -0.1) is 11.3 Å². The van der Waals surface area contributed by atoms with Gasteiger partial charge in [0.05, 0.1) is 18.7 Å². The van der Waals surface area contributed by atoms with Gasteiger partial charge in [-0.3, -0.25) is 4.79 Å². The third-order valence-electron chi connectivity index (χ3n) is 2.92. The molecule has 1 aromatic heterocycles. The number of nitrogens with one attached hydrogen (secondary N) is 1. The maximum atomic E-state index is 13.5. The number of hydrogen-bond acceptors (Lipinski definition) is 4. The summed E-state index contributed by atoms with van der Waals surface area (Å²) >= 11 is 1.55. The number of halogens is 1. The summed E-state index contributed by atoms with van der Waals surface area (Å²) in [5.41, 5.74) is 0.761. The van der Waals surface area contributed by atoms with Crippen LogP contribution in [0.3, 0.4) is 0 Å². The summed E-state index contributed by atoms with van der Waals surface area (Å²) in [6.45, 7) is 0.737. The number of carbonyl (C=O) groups is 1. The standard InChI is InChI=1S/C14H12FNO3S/c15-10-4-9-7-18-8-19-13(9)12(5-10)14(17)16-6-11-2-1-3-20-11/h1-5H,6-8H2,(H,16,17). The van der Waals surface area contributed by atoms with Crippen molar-refractivity contribution in [1.29, 1.82) is 0 Å². The van der Waals surface area contributed by atoms with Crippen molar-refractivity contribution in [3.63, 3.8) is 0 Å². The van der Waals surface area contributed by atoms with Crippen LogP contribution in [0.1, 0.15) is 20.8 Å². The van der Waals surface area contributed by atoms with E-state index in [2.05, 4.69) is 5.32 Å². The van der Waals surface area contributed by atoms with Gasteiger partial charge in [0.15, 0.2) is 6.79 Å². The lowest BCUT2D eigenvalue weighted by Gasteiger charge is -2.20. The number of amides is 1. The molecule has 20 heavy (non-hydrogen) atoms. The second-order valence-corrected chi connectivity index (χ2v) is 5.35. The molecule has 0 aliphatic carbocycles. The molecule has 6 heteroatoms. The second-order valence-electron chi connectivity index (χ2n) is 4.31. The Morgan fingerprint density at radius 3 is 3.15 bits per heavy atom. The second kappa shape index (κ2) is 5.60. The highest BCUT2D eigenvalue weighted by atomic mass is 32.1. The SMILES string of the molecule is O=C(NCc1cccs1)c1cc(F)cc2c1OCOC2. The van der Waals surface area contributed by atoms with Crippen molar-refractivity contribution in [2.24, 2.45) is 0 Å². The van der Waals surface area contributed by atoms with Crippen LogP contribution < -0.4 is 10.1 Å². The zero-order chi connectivity index (χ0) is 13.9. The van der Waals surface area contributed by atoms with E-state index < -0.39 is 5.82 Å². The Hall–Kier alpha value is -1.92. The molecule has 1 N–H and O–H groups in total. The lowest BCUT2D eigenvalue weighted by atomic mass is 10.1. The number of fused-ring (bicyclic) bond motifs is 1. The molecule has 1 amide bonds. The molecule has 2 aromatic rings. The summed E-state index contributed by atoms with van der Waals surface area (Å²) < 4.78 is 23.9. The summed E-state index contributed by atoms with van der Waals surface area (Å²) in [5, 5.41) is 4.70. The van der Waals surface area contributed by atoms with Crippen LogP contribution in [0.2, 0.25) is 0 Å². The van der Waals surface area contributed by atoms with Crippen molar-refractivity contribution in [3.8, 4) is 5.75 Å². The van der Waals surface area contributed by atoms with Crippen LogP contribution in [0.15, 0.2) is 29.6 Å². The molecule has 1 aliphatic rings. The average Bonchev–Trinajstić information content (AvgIpc) is 2.97. The number of carbonyl (C=O) groups excluding carboxylic acids is 1.